The van der Waals surface area contributed by atoms with Gasteiger partial charge in [-0.1, -0.05) is 42.8 Å². The molecule has 1 aromatic heterocycles. The number of nitrogens with zero attached hydrogens (tertiary/aromatic N) is 4. The molecule has 0 amide bonds. The van der Waals surface area contributed by atoms with E-state index in [1.807, 2.05) is 19.9 Å². The minimum absolute atomic E-state index is 0.276. The fourth-order valence-electron chi connectivity index (χ4n) is 2.24. The fraction of sp³-hybridized carbons (Fsp3) is 0.167. The monoisotopic (exact) mass is 378 g/mol. The molecular formula is C18H14ClF3N4. The van der Waals surface area contributed by atoms with E-state index in [-0.39, 0.29) is 11.1 Å². The molecule has 0 saturated carbocycles. The van der Waals surface area contributed by atoms with Gasteiger partial charge in [-0.15, -0.1) is 5.10 Å². The first-order valence-electron chi connectivity index (χ1n) is 7.68. The number of alkyl halides is 3. The van der Waals surface area contributed by atoms with Gasteiger partial charge in [0.2, 0.25) is 0 Å². The molecule has 8 heteroatoms. The average molecular weight is 379 g/mol. The zero-order chi connectivity index (χ0) is 19.3. The van der Waals surface area contributed by atoms with Gasteiger partial charge in [0.1, 0.15) is 6.07 Å². The zero-order valence-corrected chi connectivity index (χ0v) is 14.7. The standard InChI is InChI=1S/C16H8ClF3N4.C2H6/c17-13-5-4-11(8-21)14(7-13)24-15(9-22-23-24)10-2-1-3-12(6-10)16(18,19)20;1-2/h1-7,9H;1-2H3. The van der Waals surface area contributed by atoms with Crippen LogP contribution in [-0.2, 0) is 6.18 Å². The van der Waals surface area contributed by atoms with E-state index in [4.69, 9.17) is 11.6 Å². The van der Waals surface area contributed by atoms with Gasteiger partial charge in [-0.25, -0.2) is 4.68 Å². The number of rotatable bonds is 2. The van der Waals surface area contributed by atoms with Crippen molar-refractivity contribution in [2.45, 2.75) is 20.0 Å². The highest BCUT2D eigenvalue weighted by molar-refractivity contribution is 6.30. The first-order valence-corrected chi connectivity index (χ1v) is 8.06. The van der Waals surface area contributed by atoms with Crippen molar-refractivity contribution in [1.29, 1.82) is 5.26 Å². The maximum Gasteiger partial charge on any atom is 0.416 e. The molecule has 0 saturated heterocycles. The van der Waals surface area contributed by atoms with Crippen LogP contribution in [0.25, 0.3) is 16.9 Å². The minimum atomic E-state index is -4.46. The highest BCUT2D eigenvalue weighted by Gasteiger charge is 2.30. The highest BCUT2D eigenvalue weighted by Crippen LogP contribution is 2.33. The van der Waals surface area contributed by atoms with Crippen LogP contribution in [0.5, 0.6) is 0 Å². The fourth-order valence-corrected chi connectivity index (χ4v) is 2.41. The average Bonchev–Trinajstić information content (AvgIpc) is 3.12. The van der Waals surface area contributed by atoms with Gasteiger partial charge in [0.15, 0.2) is 0 Å². The predicted octanol–water partition coefficient (Wildman–Crippen LogP) is 5.50. The van der Waals surface area contributed by atoms with E-state index >= 15 is 0 Å². The van der Waals surface area contributed by atoms with Gasteiger partial charge in [0.25, 0.3) is 0 Å². The molecule has 0 radical (unpaired) electrons. The smallest absolute Gasteiger partial charge is 0.211 e. The van der Waals surface area contributed by atoms with Gasteiger partial charge in [0.05, 0.1) is 28.7 Å². The molecule has 0 aliphatic heterocycles. The van der Waals surface area contributed by atoms with E-state index in [1.165, 1.54) is 35.1 Å². The lowest BCUT2D eigenvalue weighted by molar-refractivity contribution is -0.137. The molecule has 134 valence electrons. The number of hydrogen-bond acceptors (Lipinski definition) is 3. The topological polar surface area (TPSA) is 54.5 Å². The molecule has 2 aromatic carbocycles. The predicted molar refractivity (Wildman–Crippen MR) is 92.9 cm³/mol. The number of aromatic nitrogens is 3. The Kier molecular flexibility index (Phi) is 6.01. The Morgan fingerprint density at radius 3 is 2.50 bits per heavy atom. The van der Waals surface area contributed by atoms with E-state index in [2.05, 4.69) is 10.3 Å². The molecule has 4 nitrogen and oxygen atoms in total. The number of benzene rings is 2. The molecule has 0 spiro atoms. The van der Waals surface area contributed by atoms with E-state index < -0.39 is 11.7 Å². The largest absolute Gasteiger partial charge is 0.416 e. The van der Waals surface area contributed by atoms with Crippen molar-refractivity contribution >= 4 is 11.6 Å². The van der Waals surface area contributed by atoms with Crippen LogP contribution in [0.4, 0.5) is 13.2 Å². The van der Waals surface area contributed by atoms with Crippen LogP contribution in [0.3, 0.4) is 0 Å². The van der Waals surface area contributed by atoms with Crippen LogP contribution < -0.4 is 0 Å². The summed E-state index contributed by atoms with van der Waals surface area (Å²) < 4.78 is 40.0. The number of halogens is 4. The third-order valence-corrected chi connectivity index (χ3v) is 3.58. The highest BCUT2D eigenvalue weighted by atomic mass is 35.5. The first kappa shape index (κ1) is 19.5. The Bertz CT molecular complexity index is 942. The summed E-state index contributed by atoms with van der Waals surface area (Å²) >= 11 is 5.95. The quantitative estimate of drug-likeness (QED) is 0.591. The number of nitriles is 1. The van der Waals surface area contributed by atoms with Crippen LogP contribution >= 0.6 is 11.6 Å². The molecule has 0 bridgehead atoms. The van der Waals surface area contributed by atoms with E-state index in [0.29, 0.717) is 16.4 Å². The molecule has 0 N–H and O–H groups in total. The molecule has 3 aromatic rings. The summed E-state index contributed by atoms with van der Waals surface area (Å²) in [7, 11) is 0. The van der Waals surface area contributed by atoms with Crippen molar-refractivity contribution in [3.8, 4) is 23.0 Å². The van der Waals surface area contributed by atoms with Crippen LogP contribution in [0.1, 0.15) is 25.0 Å². The van der Waals surface area contributed by atoms with Gasteiger partial charge in [-0.3, -0.25) is 0 Å². The second-order valence-electron chi connectivity index (χ2n) is 4.88. The van der Waals surface area contributed by atoms with Gasteiger partial charge in [0, 0.05) is 10.6 Å². The Balaban J connectivity index is 0.00000117. The lowest BCUT2D eigenvalue weighted by atomic mass is 10.1. The Morgan fingerprint density at radius 2 is 1.85 bits per heavy atom. The van der Waals surface area contributed by atoms with Crippen LogP contribution in [0.15, 0.2) is 48.7 Å². The summed E-state index contributed by atoms with van der Waals surface area (Å²) in [4.78, 5) is 0. The van der Waals surface area contributed by atoms with Crippen molar-refractivity contribution < 1.29 is 13.2 Å². The molecule has 0 aliphatic rings. The van der Waals surface area contributed by atoms with Crippen LogP contribution in [0.2, 0.25) is 5.02 Å². The Hall–Kier alpha value is -2.85. The summed E-state index contributed by atoms with van der Waals surface area (Å²) in [5.74, 6) is 0. The molecular weight excluding hydrogens is 365 g/mol. The van der Waals surface area contributed by atoms with Crippen molar-refractivity contribution in [3.63, 3.8) is 0 Å². The van der Waals surface area contributed by atoms with Gasteiger partial charge >= 0.3 is 6.18 Å². The minimum Gasteiger partial charge on any atom is -0.211 e. The van der Waals surface area contributed by atoms with E-state index in [9.17, 15) is 18.4 Å². The van der Waals surface area contributed by atoms with E-state index in [0.717, 1.165) is 12.1 Å². The third kappa shape index (κ3) is 4.03. The summed E-state index contributed by atoms with van der Waals surface area (Å²) in [5.41, 5.74) is 0.436. The van der Waals surface area contributed by atoms with Crippen molar-refractivity contribution in [1.82, 2.24) is 15.0 Å². The zero-order valence-electron chi connectivity index (χ0n) is 13.9. The maximum atomic E-state index is 12.9. The first-order chi connectivity index (χ1) is 12.4. The van der Waals surface area contributed by atoms with Gasteiger partial charge in [-0.05, 0) is 30.3 Å². The van der Waals surface area contributed by atoms with Crippen LogP contribution in [-0.4, -0.2) is 15.0 Å². The van der Waals surface area contributed by atoms with Gasteiger partial charge < -0.3 is 0 Å². The summed E-state index contributed by atoms with van der Waals surface area (Å²) in [6.45, 7) is 4.00. The van der Waals surface area contributed by atoms with Crippen molar-refractivity contribution in [2.24, 2.45) is 0 Å². The molecule has 3 rings (SSSR count). The summed E-state index contributed by atoms with van der Waals surface area (Å²) in [6.07, 6.45) is -3.13. The van der Waals surface area contributed by atoms with E-state index in [1.54, 1.807) is 6.07 Å². The number of hydrogen-bond donors (Lipinski definition) is 0. The molecule has 0 aliphatic carbocycles. The second-order valence-corrected chi connectivity index (χ2v) is 5.32. The Morgan fingerprint density at radius 1 is 1.12 bits per heavy atom. The maximum absolute atomic E-state index is 12.9. The molecule has 1 heterocycles. The lowest BCUT2D eigenvalue weighted by Gasteiger charge is -2.11. The SMILES string of the molecule is CC.N#Cc1ccc(Cl)cc1-n1nncc1-c1cccc(C(F)(F)F)c1. The van der Waals surface area contributed by atoms with Crippen molar-refractivity contribution in [2.75, 3.05) is 0 Å². The third-order valence-electron chi connectivity index (χ3n) is 3.34. The molecule has 0 fully saturated rings. The molecule has 26 heavy (non-hydrogen) atoms. The van der Waals surface area contributed by atoms with Crippen molar-refractivity contribution in [3.05, 3.63) is 64.8 Å². The molecule has 0 atom stereocenters. The normalized spacial score (nSPS) is 10.7. The summed E-state index contributed by atoms with van der Waals surface area (Å²) in [6, 6.07) is 11.4. The van der Waals surface area contributed by atoms with Crippen LogP contribution in [0, 0.1) is 11.3 Å². The second kappa shape index (κ2) is 8.02. The molecule has 0 unspecified atom stereocenters. The summed E-state index contributed by atoms with van der Waals surface area (Å²) in [5, 5.41) is 17.2. The van der Waals surface area contributed by atoms with Gasteiger partial charge in [-0.2, -0.15) is 18.4 Å². The Labute approximate surface area is 153 Å². The lowest BCUT2D eigenvalue weighted by Crippen LogP contribution is -2.06.